The van der Waals surface area contributed by atoms with E-state index in [4.69, 9.17) is 9.72 Å². The summed E-state index contributed by atoms with van der Waals surface area (Å²) in [5.74, 6) is -0.238. The van der Waals surface area contributed by atoms with E-state index >= 15 is 0 Å². The highest BCUT2D eigenvalue weighted by Crippen LogP contribution is 2.42. The largest absolute Gasteiger partial charge is 0.463 e. The third-order valence-corrected chi connectivity index (χ3v) is 7.20. The van der Waals surface area contributed by atoms with E-state index in [1.54, 1.807) is 0 Å². The number of piperidine rings is 1. The van der Waals surface area contributed by atoms with Gasteiger partial charge in [-0.1, -0.05) is 32.0 Å². The fourth-order valence-corrected chi connectivity index (χ4v) is 5.18. The van der Waals surface area contributed by atoms with Gasteiger partial charge in [0.2, 0.25) is 0 Å². The van der Waals surface area contributed by atoms with Crippen molar-refractivity contribution >= 4 is 11.7 Å². The minimum atomic E-state index is -0.238. The number of carbonyl (C=O) groups excluding carboxylic acids is 1. The Bertz CT molecular complexity index is 1050. The molecule has 3 heterocycles. The first kappa shape index (κ1) is 24.7. The van der Waals surface area contributed by atoms with Gasteiger partial charge in [-0.25, -0.2) is 0 Å². The number of fused-ring (bicyclic) bond motifs is 1. The quantitative estimate of drug-likeness (QED) is 0.619. The van der Waals surface area contributed by atoms with Crippen LogP contribution in [0.3, 0.4) is 0 Å². The van der Waals surface area contributed by atoms with Crippen LogP contribution in [0.5, 0.6) is 0 Å². The topological polar surface area (TPSA) is 74.7 Å². The molecule has 2 aromatic rings. The number of carbonyl (C=O) groups is 1. The van der Waals surface area contributed by atoms with Crippen LogP contribution in [0.4, 0.5) is 5.69 Å². The van der Waals surface area contributed by atoms with Gasteiger partial charge in [-0.05, 0) is 68.7 Å². The van der Waals surface area contributed by atoms with Gasteiger partial charge in [0.15, 0.2) is 0 Å². The highest BCUT2D eigenvalue weighted by molar-refractivity contribution is 5.87. The molecule has 0 spiro atoms. The van der Waals surface area contributed by atoms with Crippen molar-refractivity contribution in [2.24, 2.45) is 5.41 Å². The van der Waals surface area contributed by atoms with E-state index in [-0.39, 0.29) is 25.1 Å². The zero-order valence-electron chi connectivity index (χ0n) is 21.3. The lowest BCUT2D eigenvalue weighted by molar-refractivity contribution is -0.146. The number of aryl methyl sites for hydroxylation is 1. The number of aliphatic hydroxyl groups is 1. The normalized spacial score (nSPS) is 17.6. The molecule has 2 aliphatic heterocycles. The summed E-state index contributed by atoms with van der Waals surface area (Å²) in [6.45, 7) is 13.9. The number of esters is 1. The number of ether oxygens (including phenoxy) is 1. The van der Waals surface area contributed by atoms with Crippen LogP contribution in [0, 0.1) is 12.3 Å². The molecule has 0 radical (unpaired) electrons. The number of anilines is 1. The summed E-state index contributed by atoms with van der Waals surface area (Å²) in [6, 6.07) is 6.59. The molecule has 6 nitrogen and oxygen atoms in total. The summed E-state index contributed by atoms with van der Waals surface area (Å²) in [7, 11) is 0. The molecule has 6 heteroatoms. The lowest BCUT2D eigenvalue weighted by atomic mass is 9.81. The third-order valence-electron chi connectivity index (χ3n) is 7.20. The second kappa shape index (κ2) is 10.0. The minimum absolute atomic E-state index is 0.141. The van der Waals surface area contributed by atoms with Gasteiger partial charge in [0, 0.05) is 36.5 Å². The molecular weight excluding hydrogens is 426 g/mol. The van der Waals surface area contributed by atoms with Gasteiger partial charge in [-0.15, -0.1) is 0 Å². The molecule has 1 aromatic carbocycles. The van der Waals surface area contributed by atoms with Crippen molar-refractivity contribution in [3.8, 4) is 11.1 Å². The van der Waals surface area contributed by atoms with Gasteiger partial charge in [0.05, 0.1) is 30.5 Å². The molecule has 1 saturated heterocycles. The highest BCUT2D eigenvalue weighted by atomic mass is 16.5. The Balaban J connectivity index is 1.88. The van der Waals surface area contributed by atoms with Gasteiger partial charge >= 0.3 is 5.97 Å². The molecule has 34 heavy (non-hydrogen) atoms. The summed E-state index contributed by atoms with van der Waals surface area (Å²) >= 11 is 0. The Labute approximate surface area is 203 Å². The molecule has 184 valence electrons. The Hall–Kier alpha value is -2.44. The number of pyridine rings is 1. The molecule has 4 rings (SSSR count). The minimum Gasteiger partial charge on any atom is -0.463 e. The van der Waals surface area contributed by atoms with Gasteiger partial charge in [-0.2, -0.15) is 0 Å². The Morgan fingerprint density at radius 2 is 1.97 bits per heavy atom. The molecule has 0 atom stereocenters. The monoisotopic (exact) mass is 465 g/mol. The van der Waals surface area contributed by atoms with Crippen LogP contribution in [0.25, 0.3) is 11.1 Å². The molecule has 1 fully saturated rings. The number of benzene rings is 1. The first-order valence-corrected chi connectivity index (χ1v) is 12.6. The van der Waals surface area contributed by atoms with Crippen molar-refractivity contribution in [3.63, 3.8) is 0 Å². The van der Waals surface area contributed by atoms with Crippen LogP contribution < -0.4 is 10.2 Å². The zero-order valence-corrected chi connectivity index (χ0v) is 21.3. The Kier molecular flexibility index (Phi) is 7.29. The highest BCUT2D eigenvalue weighted by Gasteiger charge is 2.31. The van der Waals surface area contributed by atoms with Gasteiger partial charge in [0.1, 0.15) is 0 Å². The molecule has 0 amide bonds. The third kappa shape index (κ3) is 5.28. The van der Waals surface area contributed by atoms with Crippen LogP contribution in [0.15, 0.2) is 18.2 Å². The van der Waals surface area contributed by atoms with Crippen LogP contribution in [0.1, 0.15) is 68.6 Å². The van der Waals surface area contributed by atoms with Gasteiger partial charge in [-0.3, -0.25) is 9.78 Å². The zero-order chi connectivity index (χ0) is 24.5. The maximum Gasteiger partial charge on any atom is 0.310 e. The first-order chi connectivity index (χ1) is 16.2. The predicted molar refractivity (Wildman–Crippen MR) is 136 cm³/mol. The SMILES string of the molecule is Cc1nc(CO)c(-c2ccc3c(c2)CCNC3)c(N2CCC(C)(C)CC2)c1CC(=O)OC(C)C. The number of aromatic nitrogens is 1. The summed E-state index contributed by atoms with van der Waals surface area (Å²) in [5.41, 5.74) is 8.40. The van der Waals surface area contributed by atoms with Crippen molar-refractivity contribution in [3.05, 3.63) is 46.3 Å². The number of rotatable bonds is 6. The van der Waals surface area contributed by atoms with E-state index in [1.807, 2.05) is 20.8 Å². The van der Waals surface area contributed by atoms with Crippen LogP contribution in [-0.4, -0.2) is 41.8 Å². The standard InChI is InChI=1S/C28H39N3O3/c1-18(2)34-25(33)15-23-19(3)30-24(17-32)26(27(23)31-12-9-28(4,5)10-13-31)21-6-7-22-16-29-11-8-20(22)14-21/h6-7,14,18,29,32H,8-13,15-17H2,1-5H3. The lowest BCUT2D eigenvalue weighted by Crippen LogP contribution is -2.38. The Morgan fingerprint density at radius 1 is 1.24 bits per heavy atom. The van der Waals surface area contributed by atoms with Crippen molar-refractivity contribution in [1.29, 1.82) is 0 Å². The number of nitrogens with zero attached hydrogens (tertiary/aromatic N) is 2. The van der Waals surface area contributed by atoms with Gasteiger partial charge in [0.25, 0.3) is 0 Å². The lowest BCUT2D eigenvalue weighted by Gasteiger charge is -2.40. The second-order valence-corrected chi connectivity index (χ2v) is 10.8. The first-order valence-electron chi connectivity index (χ1n) is 12.6. The Morgan fingerprint density at radius 3 is 2.65 bits per heavy atom. The van der Waals surface area contributed by atoms with Crippen LogP contribution in [-0.2, 0) is 35.5 Å². The average Bonchev–Trinajstić information content (AvgIpc) is 2.79. The molecule has 2 aliphatic rings. The summed E-state index contributed by atoms with van der Waals surface area (Å²) in [5, 5.41) is 13.8. The second-order valence-electron chi connectivity index (χ2n) is 10.8. The smallest absolute Gasteiger partial charge is 0.310 e. The molecule has 0 bridgehead atoms. The summed E-state index contributed by atoms with van der Waals surface area (Å²) < 4.78 is 5.52. The summed E-state index contributed by atoms with van der Waals surface area (Å²) in [4.78, 5) is 20.0. The van der Waals surface area contributed by atoms with Crippen LogP contribution >= 0.6 is 0 Å². The van der Waals surface area contributed by atoms with E-state index in [0.717, 1.165) is 73.5 Å². The van der Waals surface area contributed by atoms with E-state index < -0.39 is 0 Å². The van der Waals surface area contributed by atoms with Crippen LogP contribution in [0.2, 0.25) is 0 Å². The maximum absolute atomic E-state index is 12.8. The molecule has 0 aliphatic carbocycles. The van der Waals surface area contributed by atoms with E-state index in [1.165, 1.54) is 11.1 Å². The van der Waals surface area contributed by atoms with Gasteiger partial charge < -0.3 is 20.1 Å². The maximum atomic E-state index is 12.8. The van der Waals surface area contributed by atoms with Crippen molar-refractivity contribution in [1.82, 2.24) is 10.3 Å². The van der Waals surface area contributed by atoms with Crippen molar-refractivity contribution in [2.75, 3.05) is 24.5 Å². The molecule has 2 N–H and O–H groups in total. The van der Waals surface area contributed by atoms with Crippen molar-refractivity contribution in [2.45, 2.75) is 79.6 Å². The van der Waals surface area contributed by atoms with E-state index in [9.17, 15) is 9.90 Å². The molecular formula is C28H39N3O3. The number of aliphatic hydroxyl groups excluding tert-OH is 1. The van der Waals surface area contributed by atoms with E-state index in [2.05, 4.69) is 42.3 Å². The predicted octanol–water partition coefficient (Wildman–Crippen LogP) is 4.32. The number of nitrogens with one attached hydrogen (secondary N) is 1. The fraction of sp³-hybridized carbons (Fsp3) is 0.571. The van der Waals surface area contributed by atoms with E-state index in [0.29, 0.717) is 11.1 Å². The average molecular weight is 466 g/mol. The number of hydrogen-bond acceptors (Lipinski definition) is 6. The molecule has 0 unspecified atom stereocenters. The molecule has 0 saturated carbocycles. The van der Waals surface area contributed by atoms with Crippen molar-refractivity contribution < 1.29 is 14.6 Å². The number of hydrogen-bond donors (Lipinski definition) is 2. The molecule has 1 aromatic heterocycles. The summed E-state index contributed by atoms with van der Waals surface area (Å²) in [6.07, 6.45) is 3.16. The fourth-order valence-electron chi connectivity index (χ4n) is 5.18.